The van der Waals surface area contributed by atoms with Crippen LogP contribution in [0.5, 0.6) is 0 Å². The minimum absolute atomic E-state index is 0.0726. The second kappa shape index (κ2) is 13.5. The molecule has 212 valence electrons. The molecule has 6 rings (SSSR count). The first-order valence-corrected chi connectivity index (χ1v) is 14.1. The van der Waals surface area contributed by atoms with E-state index >= 15 is 0 Å². The number of ether oxygens (including phenoxy) is 3. The molecular weight excluding hydrogens is 526 g/mol. The zero-order valence-corrected chi connectivity index (χ0v) is 23.2. The van der Waals surface area contributed by atoms with Crippen molar-refractivity contribution in [2.24, 2.45) is 0 Å². The minimum atomic E-state index is -0.978. The molecular formula is C35H33N3O4. The van der Waals surface area contributed by atoms with Crippen molar-refractivity contribution >= 4 is 16.8 Å². The quantitative estimate of drug-likeness (QED) is 0.179. The lowest BCUT2D eigenvalue weighted by atomic mass is 10.0. The fourth-order valence-corrected chi connectivity index (χ4v) is 4.99. The van der Waals surface area contributed by atoms with Crippen molar-refractivity contribution < 1.29 is 19.3 Å². The highest BCUT2D eigenvalue weighted by Crippen LogP contribution is 2.29. The molecule has 2 aromatic heterocycles. The van der Waals surface area contributed by atoms with Gasteiger partial charge in [-0.15, -0.1) is 0 Å². The van der Waals surface area contributed by atoms with Gasteiger partial charge in [-0.1, -0.05) is 103 Å². The van der Waals surface area contributed by atoms with Gasteiger partial charge in [0.05, 0.1) is 37.5 Å². The Morgan fingerprint density at radius 2 is 1.24 bits per heavy atom. The molecule has 0 bridgehead atoms. The fraction of sp³-hybridized carbons (Fsp3) is 0.200. The number of aliphatic hydroxyl groups is 1. The monoisotopic (exact) mass is 559 g/mol. The molecule has 4 aromatic carbocycles. The van der Waals surface area contributed by atoms with Crippen molar-refractivity contribution in [1.29, 1.82) is 0 Å². The summed E-state index contributed by atoms with van der Waals surface area (Å²) in [6.45, 7) is 1.09. The van der Waals surface area contributed by atoms with Crippen LogP contribution in [-0.2, 0) is 34.0 Å². The summed E-state index contributed by atoms with van der Waals surface area (Å²) >= 11 is 0. The molecule has 0 amide bonds. The van der Waals surface area contributed by atoms with Crippen LogP contribution in [0.15, 0.2) is 128 Å². The number of hydrogen-bond acceptors (Lipinski definition) is 6. The molecule has 0 saturated carbocycles. The first-order chi connectivity index (χ1) is 20.7. The summed E-state index contributed by atoms with van der Waals surface area (Å²) in [6, 6.07) is 37.7. The highest BCUT2D eigenvalue weighted by molar-refractivity contribution is 5.79. The SMILES string of the molecule is O[C@H](COCc1ccccc1)[C@@H](OCc1ccccc1)[C@H](OCc1ccccc1)c1cnc2nc3ccccc3n2c1. The Bertz CT molecular complexity index is 1690. The number of benzene rings is 4. The molecule has 6 aromatic rings. The topological polar surface area (TPSA) is 78.1 Å². The minimum Gasteiger partial charge on any atom is -0.388 e. The molecule has 0 unspecified atom stereocenters. The van der Waals surface area contributed by atoms with Gasteiger partial charge < -0.3 is 19.3 Å². The highest BCUT2D eigenvalue weighted by atomic mass is 16.6. The van der Waals surface area contributed by atoms with Crippen molar-refractivity contribution in [2.75, 3.05) is 6.61 Å². The Balaban J connectivity index is 1.32. The van der Waals surface area contributed by atoms with Crippen LogP contribution in [-0.4, -0.2) is 38.3 Å². The van der Waals surface area contributed by atoms with Gasteiger partial charge in [-0.25, -0.2) is 9.97 Å². The Hall–Kier alpha value is -4.40. The highest BCUT2D eigenvalue weighted by Gasteiger charge is 2.33. The average molecular weight is 560 g/mol. The lowest BCUT2D eigenvalue weighted by Crippen LogP contribution is -2.39. The molecule has 1 N–H and O–H groups in total. The van der Waals surface area contributed by atoms with Crippen LogP contribution < -0.4 is 0 Å². The Morgan fingerprint density at radius 3 is 1.90 bits per heavy atom. The van der Waals surface area contributed by atoms with Crippen LogP contribution in [0.1, 0.15) is 28.4 Å². The van der Waals surface area contributed by atoms with Gasteiger partial charge in [0.25, 0.3) is 0 Å². The van der Waals surface area contributed by atoms with Crippen LogP contribution >= 0.6 is 0 Å². The van der Waals surface area contributed by atoms with Gasteiger partial charge in [0.2, 0.25) is 5.78 Å². The van der Waals surface area contributed by atoms with Crippen molar-refractivity contribution in [2.45, 2.75) is 38.1 Å². The van der Waals surface area contributed by atoms with E-state index in [0.29, 0.717) is 25.6 Å². The largest absolute Gasteiger partial charge is 0.388 e. The van der Waals surface area contributed by atoms with Gasteiger partial charge in [-0.05, 0) is 28.8 Å². The van der Waals surface area contributed by atoms with E-state index in [4.69, 9.17) is 14.2 Å². The molecule has 2 heterocycles. The van der Waals surface area contributed by atoms with E-state index in [9.17, 15) is 5.11 Å². The molecule has 0 radical (unpaired) electrons. The standard InChI is InChI=1S/C35H33N3O4/c39-32(25-40-22-26-12-4-1-5-13-26)34(42-24-28-16-8-3-9-17-28)33(41-23-27-14-6-2-7-15-27)29-20-36-35-37-30-18-10-11-19-31(30)38(35)21-29/h1-21,32-34,39H,22-25H2/t32-,33-,34-/m1/s1. The first-order valence-electron chi connectivity index (χ1n) is 14.1. The van der Waals surface area contributed by atoms with E-state index in [1.54, 1.807) is 6.20 Å². The number of aliphatic hydroxyl groups excluding tert-OH is 1. The predicted octanol–water partition coefficient (Wildman–Crippen LogP) is 6.30. The smallest absolute Gasteiger partial charge is 0.234 e. The first kappa shape index (κ1) is 27.8. The number of aromatic nitrogens is 3. The van der Waals surface area contributed by atoms with E-state index in [1.165, 1.54) is 0 Å². The third-order valence-electron chi connectivity index (χ3n) is 7.15. The molecule has 0 aliphatic rings. The Kier molecular flexibility index (Phi) is 8.93. The zero-order valence-electron chi connectivity index (χ0n) is 23.2. The number of fused-ring (bicyclic) bond motifs is 3. The molecule has 3 atom stereocenters. The zero-order chi connectivity index (χ0) is 28.6. The lowest BCUT2D eigenvalue weighted by Gasteiger charge is -2.31. The van der Waals surface area contributed by atoms with E-state index in [2.05, 4.69) is 9.97 Å². The summed E-state index contributed by atoms with van der Waals surface area (Å²) in [7, 11) is 0. The normalized spacial score (nSPS) is 13.7. The molecule has 0 aliphatic heterocycles. The van der Waals surface area contributed by atoms with Crippen LogP contribution in [0.4, 0.5) is 0 Å². The van der Waals surface area contributed by atoms with Crippen molar-refractivity contribution in [1.82, 2.24) is 14.4 Å². The number of imidazole rings is 1. The van der Waals surface area contributed by atoms with Crippen molar-refractivity contribution in [3.8, 4) is 0 Å². The summed E-state index contributed by atoms with van der Waals surface area (Å²) in [6.07, 6.45) is 1.35. The number of nitrogens with zero attached hydrogens (tertiary/aromatic N) is 3. The summed E-state index contributed by atoms with van der Waals surface area (Å²) in [5, 5.41) is 11.6. The number of para-hydroxylation sites is 2. The summed E-state index contributed by atoms with van der Waals surface area (Å²) in [5.74, 6) is 0.593. The van der Waals surface area contributed by atoms with Crippen LogP contribution in [0.3, 0.4) is 0 Å². The predicted molar refractivity (Wildman–Crippen MR) is 162 cm³/mol. The summed E-state index contributed by atoms with van der Waals surface area (Å²) in [4.78, 5) is 9.30. The van der Waals surface area contributed by atoms with Crippen LogP contribution in [0.2, 0.25) is 0 Å². The number of rotatable bonds is 13. The molecule has 0 aliphatic carbocycles. The molecule has 7 nitrogen and oxygen atoms in total. The van der Waals surface area contributed by atoms with E-state index in [1.807, 2.05) is 126 Å². The van der Waals surface area contributed by atoms with E-state index in [-0.39, 0.29) is 6.61 Å². The fourth-order valence-electron chi connectivity index (χ4n) is 4.99. The van der Waals surface area contributed by atoms with Gasteiger partial charge in [-0.3, -0.25) is 4.40 Å². The molecule has 0 spiro atoms. The maximum absolute atomic E-state index is 11.6. The van der Waals surface area contributed by atoms with E-state index in [0.717, 1.165) is 33.3 Å². The third-order valence-corrected chi connectivity index (χ3v) is 7.15. The second-order valence-electron chi connectivity index (χ2n) is 10.2. The second-order valence-corrected chi connectivity index (χ2v) is 10.2. The van der Waals surface area contributed by atoms with Crippen molar-refractivity contribution in [3.05, 3.63) is 150 Å². The molecule has 42 heavy (non-hydrogen) atoms. The molecule has 0 saturated heterocycles. The van der Waals surface area contributed by atoms with Gasteiger partial charge in [-0.2, -0.15) is 0 Å². The maximum atomic E-state index is 11.6. The van der Waals surface area contributed by atoms with E-state index < -0.39 is 18.3 Å². The Labute approximate surface area is 245 Å². The van der Waals surface area contributed by atoms with Crippen LogP contribution in [0, 0.1) is 0 Å². The van der Waals surface area contributed by atoms with Crippen LogP contribution in [0.25, 0.3) is 16.8 Å². The summed E-state index contributed by atoms with van der Waals surface area (Å²) < 4.78 is 21.0. The third kappa shape index (κ3) is 6.73. The lowest BCUT2D eigenvalue weighted by molar-refractivity contribution is -0.150. The maximum Gasteiger partial charge on any atom is 0.234 e. The van der Waals surface area contributed by atoms with Crippen molar-refractivity contribution in [3.63, 3.8) is 0 Å². The number of hydrogen-bond donors (Lipinski definition) is 1. The Morgan fingerprint density at radius 1 is 0.667 bits per heavy atom. The molecule has 0 fully saturated rings. The summed E-state index contributed by atoms with van der Waals surface area (Å²) in [5.41, 5.74) is 5.61. The van der Waals surface area contributed by atoms with Gasteiger partial charge in [0.15, 0.2) is 0 Å². The average Bonchev–Trinajstić information content (AvgIpc) is 3.42. The van der Waals surface area contributed by atoms with Gasteiger partial charge >= 0.3 is 0 Å². The van der Waals surface area contributed by atoms with Gasteiger partial charge in [0, 0.05) is 18.0 Å². The molecule has 7 heteroatoms. The van der Waals surface area contributed by atoms with Gasteiger partial charge in [0.1, 0.15) is 18.3 Å².